The molecule has 2 rings (SSSR count). The van der Waals surface area contributed by atoms with E-state index in [1.807, 2.05) is 72.7 Å². The van der Waals surface area contributed by atoms with Crippen LogP contribution >= 0.6 is 0 Å². The van der Waals surface area contributed by atoms with Crippen LogP contribution in [0, 0.1) is 0 Å². The van der Waals surface area contributed by atoms with Gasteiger partial charge in [0.15, 0.2) is 0 Å². The summed E-state index contributed by atoms with van der Waals surface area (Å²) in [7, 11) is -0.397. The number of rotatable bonds is 7. The SMILES string of the molecule is CC(C)(C)OC(=O)NCCCCOc1cccc(B2OC(C)(C)C(C)(C)O2)c1. The minimum atomic E-state index is -0.477. The Balaban J connectivity index is 1.73. The molecule has 7 heteroatoms. The summed E-state index contributed by atoms with van der Waals surface area (Å²) < 4.78 is 23.2. The van der Waals surface area contributed by atoms with Crippen molar-refractivity contribution in [1.29, 1.82) is 0 Å². The summed E-state index contributed by atoms with van der Waals surface area (Å²) in [6, 6.07) is 7.81. The average molecular weight is 391 g/mol. The van der Waals surface area contributed by atoms with E-state index in [-0.39, 0.29) is 17.3 Å². The van der Waals surface area contributed by atoms with Gasteiger partial charge in [-0.05, 0) is 78.9 Å². The number of carbonyl (C=O) groups is 1. The van der Waals surface area contributed by atoms with E-state index in [4.69, 9.17) is 18.8 Å². The van der Waals surface area contributed by atoms with E-state index >= 15 is 0 Å². The summed E-state index contributed by atoms with van der Waals surface area (Å²) in [5.41, 5.74) is -0.261. The topological polar surface area (TPSA) is 66.0 Å². The third-order valence-electron chi connectivity index (χ3n) is 4.89. The molecule has 1 aromatic rings. The molecule has 156 valence electrons. The second-order valence-electron chi connectivity index (χ2n) is 9.14. The Bertz CT molecular complexity index is 653. The van der Waals surface area contributed by atoms with Crippen molar-refractivity contribution in [3.63, 3.8) is 0 Å². The molecule has 1 aliphatic heterocycles. The number of amides is 1. The number of ether oxygens (including phenoxy) is 2. The van der Waals surface area contributed by atoms with Crippen LogP contribution in [0.15, 0.2) is 24.3 Å². The van der Waals surface area contributed by atoms with Crippen LogP contribution in [0.3, 0.4) is 0 Å². The molecular weight excluding hydrogens is 357 g/mol. The molecule has 0 spiro atoms. The predicted molar refractivity (Wildman–Crippen MR) is 111 cm³/mol. The predicted octanol–water partition coefficient (Wildman–Crippen LogP) is 3.67. The molecule has 0 aliphatic carbocycles. The first-order valence-electron chi connectivity index (χ1n) is 9.95. The summed E-state index contributed by atoms with van der Waals surface area (Å²) in [6.07, 6.45) is 1.26. The summed E-state index contributed by atoms with van der Waals surface area (Å²) in [6.45, 7) is 14.8. The molecule has 1 saturated heterocycles. The normalized spacial score (nSPS) is 18.0. The molecule has 1 aliphatic rings. The van der Waals surface area contributed by atoms with Crippen molar-refractivity contribution in [3.8, 4) is 5.75 Å². The molecule has 0 atom stereocenters. The molecule has 6 nitrogen and oxygen atoms in total. The maximum Gasteiger partial charge on any atom is 0.494 e. The van der Waals surface area contributed by atoms with E-state index in [0.717, 1.165) is 24.1 Å². The Morgan fingerprint density at radius 2 is 1.75 bits per heavy atom. The Labute approximate surface area is 169 Å². The van der Waals surface area contributed by atoms with Gasteiger partial charge >= 0.3 is 13.2 Å². The van der Waals surface area contributed by atoms with Crippen LogP contribution in [0.5, 0.6) is 5.75 Å². The molecule has 1 N–H and O–H groups in total. The monoisotopic (exact) mass is 391 g/mol. The van der Waals surface area contributed by atoms with Gasteiger partial charge in [0.1, 0.15) is 11.4 Å². The lowest BCUT2D eigenvalue weighted by molar-refractivity contribution is 0.00578. The highest BCUT2D eigenvalue weighted by Crippen LogP contribution is 2.36. The van der Waals surface area contributed by atoms with Crippen LogP contribution in [0.4, 0.5) is 4.79 Å². The molecular formula is C21H34BNO5. The van der Waals surface area contributed by atoms with Gasteiger partial charge in [-0.25, -0.2) is 4.79 Å². The molecule has 0 radical (unpaired) electrons. The van der Waals surface area contributed by atoms with E-state index in [1.54, 1.807) is 0 Å². The zero-order valence-electron chi connectivity index (χ0n) is 18.3. The zero-order valence-corrected chi connectivity index (χ0v) is 18.3. The highest BCUT2D eigenvalue weighted by molar-refractivity contribution is 6.62. The zero-order chi connectivity index (χ0) is 21.0. The Kier molecular flexibility index (Phi) is 7.04. The first-order valence-corrected chi connectivity index (χ1v) is 9.95. The fourth-order valence-electron chi connectivity index (χ4n) is 2.65. The number of benzene rings is 1. The number of hydrogen-bond donors (Lipinski definition) is 1. The van der Waals surface area contributed by atoms with Crippen LogP contribution < -0.4 is 15.5 Å². The van der Waals surface area contributed by atoms with E-state index in [2.05, 4.69) is 5.32 Å². The molecule has 28 heavy (non-hydrogen) atoms. The van der Waals surface area contributed by atoms with Crippen molar-refractivity contribution in [2.75, 3.05) is 13.2 Å². The van der Waals surface area contributed by atoms with Gasteiger partial charge in [-0.3, -0.25) is 0 Å². The van der Waals surface area contributed by atoms with Crippen LogP contribution in [0.25, 0.3) is 0 Å². The standard InChI is InChI=1S/C21H34BNO5/c1-19(2,3)26-18(24)23-13-8-9-14-25-17-12-10-11-16(15-17)22-27-20(4,5)21(6,7)28-22/h10-12,15H,8-9,13-14H2,1-7H3,(H,23,24). The number of unbranched alkanes of at least 4 members (excludes halogenated alkanes) is 1. The number of alkyl carbamates (subject to hydrolysis) is 1. The van der Waals surface area contributed by atoms with E-state index in [0.29, 0.717) is 13.2 Å². The van der Waals surface area contributed by atoms with Crippen molar-refractivity contribution in [2.24, 2.45) is 0 Å². The first kappa shape index (κ1) is 22.6. The van der Waals surface area contributed by atoms with Crippen molar-refractivity contribution < 1.29 is 23.6 Å². The fraction of sp³-hybridized carbons (Fsp3) is 0.667. The van der Waals surface area contributed by atoms with Gasteiger partial charge in [0, 0.05) is 6.54 Å². The summed E-state index contributed by atoms with van der Waals surface area (Å²) >= 11 is 0. The summed E-state index contributed by atoms with van der Waals surface area (Å²) in [4.78, 5) is 11.6. The van der Waals surface area contributed by atoms with E-state index < -0.39 is 12.7 Å². The second kappa shape index (κ2) is 8.74. The third-order valence-corrected chi connectivity index (χ3v) is 4.89. The molecule has 0 saturated carbocycles. The molecule has 0 aromatic heterocycles. The molecule has 1 aromatic carbocycles. The Morgan fingerprint density at radius 1 is 1.11 bits per heavy atom. The molecule has 0 unspecified atom stereocenters. The quantitative estimate of drug-likeness (QED) is 0.568. The van der Waals surface area contributed by atoms with Gasteiger partial charge in [0.2, 0.25) is 0 Å². The van der Waals surface area contributed by atoms with Crippen LogP contribution in [-0.2, 0) is 14.0 Å². The van der Waals surface area contributed by atoms with E-state index in [9.17, 15) is 4.79 Å². The summed E-state index contributed by atoms with van der Waals surface area (Å²) in [5.74, 6) is 0.785. The minimum absolute atomic E-state index is 0.365. The fourth-order valence-corrected chi connectivity index (χ4v) is 2.65. The van der Waals surface area contributed by atoms with Crippen molar-refractivity contribution in [2.45, 2.75) is 78.1 Å². The molecule has 0 bridgehead atoms. The number of nitrogens with one attached hydrogen (secondary N) is 1. The molecule has 1 heterocycles. The van der Waals surface area contributed by atoms with Gasteiger partial charge in [0.25, 0.3) is 0 Å². The maximum absolute atomic E-state index is 11.6. The lowest BCUT2D eigenvalue weighted by Crippen LogP contribution is -2.41. The summed E-state index contributed by atoms with van der Waals surface area (Å²) in [5, 5.41) is 2.75. The Morgan fingerprint density at radius 3 is 2.36 bits per heavy atom. The highest BCUT2D eigenvalue weighted by atomic mass is 16.7. The van der Waals surface area contributed by atoms with Gasteiger partial charge in [-0.15, -0.1) is 0 Å². The van der Waals surface area contributed by atoms with Gasteiger partial charge in [0.05, 0.1) is 17.8 Å². The Hall–Kier alpha value is -1.73. The van der Waals surface area contributed by atoms with Gasteiger partial charge < -0.3 is 24.1 Å². The molecule has 1 fully saturated rings. The van der Waals surface area contributed by atoms with Crippen molar-refractivity contribution >= 4 is 18.7 Å². The number of carbonyl (C=O) groups excluding carboxylic acids is 1. The minimum Gasteiger partial charge on any atom is -0.494 e. The largest absolute Gasteiger partial charge is 0.494 e. The van der Waals surface area contributed by atoms with Gasteiger partial charge in [-0.2, -0.15) is 0 Å². The van der Waals surface area contributed by atoms with Crippen molar-refractivity contribution in [1.82, 2.24) is 5.32 Å². The lowest BCUT2D eigenvalue weighted by atomic mass is 9.79. The average Bonchev–Trinajstić information content (AvgIpc) is 2.77. The highest BCUT2D eigenvalue weighted by Gasteiger charge is 2.51. The molecule has 1 amide bonds. The van der Waals surface area contributed by atoms with Crippen molar-refractivity contribution in [3.05, 3.63) is 24.3 Å². The van der Waals surface area contributed by atoms with Gasteiger partial charge in [-0.1, -0.05) is 12.1 Å². The van der Waals surface area contributed by atoms with Crippen LogP contribution in [0.1, 0.15) is 61.3 Å². The lowest BCUT2D eigenvalue weighted by Gasteiger charge is -2.32. The first-order chi connectivity index (χ1) is 12.9. The van der Waals surface area contributed by atoms with Crippen LogP contribution in [-0.4, -0.2) is 43.2 Å². The smallest absolute Gasteiger partial charge is 0.494 e. The maximum atomic E-state index is 11.6. The third kappa shape index (κ3) is 6.42. The second-order valence-corrected chi connectivity index (χ2v) is 9.14. The van der Waals surface area contributed by atoms with Crippen LogP contribution in [0.2, 0.25) is 0 Å². The number of hydrogen-bond acceptors (Lipinski definition) is 5. The van der Waals surface area contributed by atoms with E-state index in [1.165, 1.54) is 0 Å².